The summed E-state index contributed by atoms with van der Waals surface area (Å²) in [5.41, 5.74) is 0.631. The highest BCUT2D eigenvalue weighted by Gasteiger charge is 2.25. The maximum atomic E-state index is 9.27. The fourth-order valence-corrected chi connectivity index (χ4v) is 1.64. The van der Waals surface area contributed by atoms with Crippen LogP contribution in [0.4, 0.5) is 0 Å². The van der Waals surface area contributed by atoms with Gasteiger partial charge in [-0.15, -0.1) is 0 Å². The van der Waals surface area contributed by atoms with E-state index >= 15 is 0 Å². The van der Waals surface area contributed by atoms with Crippen LogP contribution in [0, 0.1) is 0 Å². The van der Waals surface area contributed by atoms with E-state index in [4.69, 9.17) is 4.43 Å². The number of hydrogen-bond acceptors (Lipinski definition) is 2. The Bertz CT molecular complexity index is 176. The summed E-state index contributed by atoms with van der Waals surface area (Å²) in [6.07, 6.45) is 4.18. The minimum atomic E-state index is -1.50. The van der Waals surface area contributed by atoms with Gasteiger partial charge in [-0.2, -0.15) is 0 Å². The molecule has 0 rings (SSSR count). The van der Waals surface area contributed by atoms with Gasteiger partial charge in [0.05, 0.1) is 12.7 Å². The zero-order valence-corrected chi connectivity index (χ0v) is 11.1. The lowest BCUT2D eigenvalue weighted by Gasteiger charge is -2.26. The average molecular weight is 216 g/mol. The molecule has 0 spiro atoms. The first-order valence-electron chi connectivity index (χ1n) is 5.38. The molecule has 0 aliphatic heterocycles. The van der Waals surface area contributed by atoms with E-state index in [9.17, 15) is 5.11 Å². The third kappa shape index (κ3) is 5.57. The van der Waals surface area contributed by atoms with E-state index in [1.807, 2.05) is 19.1 Å². The molecule has 0 fully saturated rings. The van der Waals surface area contributed by atoms with Crippen LogP contribution in [0.15, 0.2) is 12.2 Å². The Morgan fingerprint density at radius 1 is 1.36 bits per heavy atom. The largest absolute Gasteiger partial charge is 0.413 e. The van der Waals surface area contributed by atoms with E-state index < -0.39 is 8.32 Å². The summed E-state index contributed by atoms with van der Waals surface area (Å²) in [7, 11) is -1.50. The van der Waals surface area contributed by atoms with Gasteiger partial charge in [0.1, 0.15) is 0 Å². The lowest BCUT2D eigenvalue weighted by Crippen LogP contribution is -2.34. The van der Waals surface area contributed by atoms with E-state index in [0.29, 0.717) is 12.1 Å². The Labute approximate surface area is 89.1 Å². The Morgan fingerprint density at radius 2 is 1.93 bits per heavy atom. The Hall–Kier alpha value is -0.123. The molecule has 0 saturated heterocycles. The van der Waals surface area contributed by atoms with Crippen molar-refractivity contribution in [3.05, 3.63) is 12.2 Å². The van der Waals surface area contributed by atoms with Crippen LogP contribution in [0.25, 0.3) is 0 Å². The second-order valence-corrected chi connectivity index (χ2v) is 9.12. The monoisotopic (exact) mass is 216 g/mol. The first-order chi connectivity index (χ1) is 6.40. The molecular weight excluding hydrogens is 192 g/mol. The van der Waals surface area contributed by atoms with Crippen molar-refractivity contribution >= 4 is 8.32 Å². The first-order valence-corrected chi connectivity index (χ1v) is 8.37. The predicted octanol–water partition coefficient (Wildman–Crippen LogP) is 2.95. The van der Waals surface area contributed by atoms with Crippen LogP contribution in [0.5, 0.6) is 0 Å². The van der Waals surface area contributed by atoms with Crippen LogP contribution < -0.4 is 0 Å². The van der Waals surface area contributed by atoms with Gasteiger partial charge < -0.3 is 9.53 Å². The van der Waals surface area contributed by atoms with Gasteiger partial charge in [-0.1, -0.05) is 32.9 Å². The fraction of sp³-hybridized carbons (Fsp3) is 0.818. The summed E-state index contributed by atoms with van der Waals surface area (Å²) in [5.74, 6) is 0. The Kier molecular flexibility index (Phi) is 6.32. The van der Waals surface area contributed by atoms with Crippen molar-refractivity contribution in [1.29, 1.82) is 0 Å². The zero-order chi connectivity index (χ0) is 11.2. The molecule has 0 aliphatic rings. The van der Waals surface area contributed by atoms with Crippen molar-refractivity contribution in [3.8, 4) is 0 Å². The molecule has 1 N–H and O–H groups in total. The highest BCUT2D eigenvalue weighted by atomic mass is 28.4. The maximum absolute atomic E-state index is 9.27. The normalized spacial score (nSPS) is 15.4. The molecule has 2 nitrogen and oxygen atoms in total. The topological polar surface area (TPSA) is 29.5 Å². The molecule has 14 heavy (non-hydrogen) atoms. The summed E-state index contributed by atoms with van der Waals surface area (Å²) in [4.78, 5) is 0. The van der Waals surface area contributed by atoms with Crippen LogP contribution in [-0.4, -0.2) is 26.1 Å². The SMILES string of the molecule is CCC(O)/C=C\CO[Si](C)(C)C(C)C. The van der Waals surface area contributed by atoms with Crippen molar-refractivity contribution < 1.29 is 9.53 Å². The highest BCUT2D eigenvalue weighted by molar-refractivity contribution is 6.72. The molecule has 0 amide bonds. The third-order valence-electron chi connectivity index (χ3n) is 2.72. The summed E-state index contributed by atoms with van der Waals surface area (Å²) in [6.45, 7) is 11.5. The molecule has 1 atom stereocenters. The lowest BCUT2D eigenvalue weighted by atomic mass is 10.2. The molecule has 84 valence electrons. The van der Waals surface area contributed by atoms with Crippen molar-refractivity contribution in [3.63, 3.8) is 0 Å². The molecule has 0 bridgehead atoms. The highest BCUT2D eigenvalue weighted by Crippen LogP contribution is 2.20. The number of hydrogen-bond donors (Lipinski definition) is 1. The van der Waals surface area contributed by atoms with Crippen LogP contribution in [0.1, 0.15) is 27.2 Å². The molecule has 0 aliphatic carbocycles. The maximum Gasteiger partial charge on any atom is 0.189 e. The van der Waals surface area contributed by atoms with Crippen LogP contribution in [0.2, 0.25) is 18.6 Å². The van der Waals surface area contributed by atoms with Crippen LogP contribution in [-0.2, 0) is 4.43 Å². The minimum absolute atomic E-state index is 0.317. The van der Waals surface area contributed by atoms with Crippen LogP contribution >= 0.6 is 0 Å². The summed E-state index contributed by atoms with van der Waals surface area (Å²) >= 11 is 0. The van der Waals surface area contributed by atoms with Crippen molar-refractivity contribution in [1.82, 2.24) is 0 Å². The van der Waals surface area contributed by atoms with Gasteiger partial charge in [-0.3, -0.25) is 0 Å². The van der Waals surface area contributed by atoms with E-state index in [1.54, 1.807) is 0 Å². The smallest absolute Gasteiger partial charge is 0.189 e. The molecule has 3 heteroatoms. The fourth-order valence-electron chi connectivity index (χ4n) is 0.778. The standard InChI is InChI=1S/C11H24O2Si/c1-6-11(12)8-7-9-13-14(4,5)10(2)3/h7-8,10-12H,6,9H2,1-5H3/b8-7-. The molecule has 0 aromatic rings. The number of aliphatic hydroxyl groups excluding tert-OH is 1. The van der Waals surface area contributed by atoms with Crippen LogP contribution in [0.3, 0.4) is 0 Å². The lowest BCUT2D eigenvalue weighted by molar-refractivity contribution is 0.217. The van der Waals surface area contributed by atoms with Gasteiger partial charge in [-0.05, 0) is 25.1 Å². The van der Waals surface area contributed by atoms with Gasteiger partial charge in [0.25, 0.3) is 0 Å². The first kappa shape index (κ1) is 13.9. The van der Waals surface area contributed by atoms with Gasteiger partial charge in [0.15, 0.2) is 8.32 Å². The number of rotatable bonds is 6. The second kappa shape index (κ2) is 6.38. The van der Waals surface area contributed by atoms with Crippen molar-refractivity contribution in [2.24, 2.45) is 0 Å². The quantitative estimate of drug-likeness (QED) is 0.546. The molecule has 0 heterocycles. The van der Waals surface area contributed by atoms with Gasteiger partial charge >= 0.3 is 0 Å². The van der Waals surface area contributed by atoms with Gasteiger partial charge in [-0.25, -0.2) is 0 Å². The molecular formula is C11H24O2Si. The molecule has 0 radical (unpaired) electrons. The van der Waals surface area contributed by atoms with E-state index in [2.05, 4.69) is 26.9 Å². The zero-order valence-electron chi connectivity index (χ0n) is 10.1. The van der Waals surface area contributed by atoms with Crippen molar-refractivity contribution in [2.45, 2.75) is 51.9 Å². The molecule has 0 aromatic carbocycles. The average Bonchev–Trinajstić information content (AvgIpc) is 2.11. The minimum Gasteiger partial charge on any atom is -0.413 e. The summed E-state index contributed by atoms with van der Waals surface area (Å²) in [6, 6.07) is 0. The van der Waals surface area contributed by atoms with Crippen molar-refractivity contribution in [2.75, 3.05) is 6.61 Å². The van der Waals surface area contributed by atoms with E-state index in [0.717, 1.165) is 6.42 Å². The van der Waals surface area contributed by atoms with E-state index in [-0.39, 0.29) is 6.10 Å². The Balaban J connectivity index is 3.79. The predicted molar refractivity (Wildman–Crippen MR) is 64.0 cm³/mol. The Morgan fingerprint density at radius 3 is 2.36 bits per heavy atom. The number of aliphatic hydroxyl groups is 1. The van der Waals surface area contributed by atoms with Gasteiger partial charge in [0, 0.05) is 0 Å². The second-order valence-electron chi connectivity index (χ2n) is 4.47. The molecule has 0 saturated carbocycles. The van der Waals surface area contributed by atoms with E-state index in [1.165, 1.54) is 0 Å². The molecule has 0 aromatic heterocycles. The third-order valence-corrected chi connectivity index (χ3v) is 6.41. The summed E-state index contributed by atoms with van der Waals surface area (Å²) < 4.78 is 5.83. The molecule has 1 unspecified atom stereocenters. The summed E-state index contributed by atoms with van der Waals surface area (Å²) in [5, 5.41) is 9.27. The van der Waals surface area contributed by atoms with Gasteiger partial charge in [0.2, 0.25) is 0 Å².